The van der Waals surface area contributed by atoms with Crippen LogP contribution in [0.1, 0.15) is 19.4 Å². The summed E-state index contributed by atoms with van der Waals surface area (Å²) in [6.07, 6.45) is 1.52. The molecule has 0 aliphatic carbocycles. The summed E-state index contributed by atoms with van der Waals surface area (Å²) in [7, 11) is -3.55. The number of sulfonamides is 1. The van der Waals surface area contributed by atoms with Gasteiger partial charge in [0, 0.05) is 25.7 Å². The topological polar surface area (TPSA) is 69.6 Å². The molecule has 0 atom stereocenters. The molecule has 0 amide bonds. The van der Waals surface area contributed by atoms with Crippen molar-refractivity contribution in [1.82, 2.24) is 9.62 Å². The minimum Gasteiger partial charge on any atom is -0.395 e. The molecule has 1 rings (SSSR count). The lowest BCUT2D eigenvalue weighted by atomic mass is 10.3. The predicted octanol–water partition coefficient (Wildman–Crippen LogP) is 1.42. The fourth-order valence-electron chi connectivity index (χ4n) is 1.60. The maximum Gasteiger partial charge on any atom is 0.252 e. The zero-order valence-corrected chi connectivity index (χ0v) is 13.5. The summed E-state index contributed by atoms with van der Waals surface area (Å²) in [4.78, 5) is 0. The number of hydrogen-bond acceptors (Lipinski definition) is 5. The predicted molar refractivity (Wildman–Crippen MR) is 82.3 cm³/mol. The van der Waals surface area contributed by atoms with E-state index in [0.717, 1.165) is 5.56 Å². The van der Waals surface area contributed by atoms with Gasteiger partial charge in [-0.1, -0.05) is 19.9 Å². The normalized spacial score (nSPS) is 12.2. The van der Waals surface area contributed by atoms with Crippen molar-refractivity contribution in [2.24, 2.45) is 0 Å². The van der Waals surface area contributed by atoms with Gasteiger partial charge in [-0.15, -0.1) is 17.9 Å². The van der Waals surface area contributed by atoms with E-state index < -0.39 is 10.0 Å². The summed E-state index contributed by atoms with van der Waals surface area (Å²) in [6, 6.07) is 2.03. The molecule has 1 aromatic heterocycles. The highest BCUT2D eigenvalue weighted by molar-refractivity contribution is 7.91. The molecule has 0 aromatic carbocycles. The number of nitrogens with one attached hydrogen (secondary N) is 1. The maximum absolute atomic E-state index is 12.4. The van der Waals surface area contributed by atoms with Crippen LogP contribution in [-0.4, -0.2) is 43.6 Å². The number of hydrogen-bond donors (Lipinski definition) is 2. The average molecular weight is 318 g/mol. The molecule has 0 spiro atoms. The van der Waals surface area contributed by atoms with Crippen LogP contribution in [0, 0.1) is 0 Å². The zero-order chi connectivity index (χ0) is 15.2. The molecule has 114 valence electrons. The molecule has 5 nitrogen and oxygen atoms in total. The van der Waals surface area contributed by atoms with Gasteiger partial charge in [0.25, 0.3) is 10.0 Å². The maximum atomic E-state index is 12.4. The average Bonchev–Trinajstić information content (AvgIpc) is 2.85. The number of nitrogens with zero attached hydrogens (tertiary/aromatic N) is 1. The van der Waals surface area contributed by atoms with Crippen molar-refractivity contribution < 1.29 is 13.5 Å². The van der Waals surface area contributed by atoms with E-state index in [0.29, 0.717) is 16.8 Å². The summed E-state index contributed by atoms with van der Waals surface area (Å²) in [6.45, 7) is 8.33. The fourth-order valence-corrected chi connectivity index (χ4v) is 4.36. The minimum absolute atomic E-state index is 0.0752. The van der Waals surface area contributed by atoms with E-state index >= 15 is 0 Å². The van der Waals surface area contributed by atoms with Crippen LogP contribution in [0.2, 0.25) is 0 Å². The highest BCUT2D eigenvalue weighted by Gasteiger charge is 2.24. The summed E-state index contributed by atoms with van der Waals surface area (Å²) >= 11 is 1.20. The number of thiophene rings is 1. The highest BCUT2D eigenvalue weighted by atomic mass is 32.2. The Hall–Kier alpha value is -0.730. The molecule has 0 aliphatic rings. The van der Waals surface area contributed by atoms with Crippen LogP contribution in [0.3, 0.4) is 0 Å². The Morgan fingerprint density at radius 2 is 2.25 bits per heavy atom. The standard InChI is InChI=1S/C13H22N2O3S2/c1-4-5-15(6-7-16)20(17,18)13-8-12(10-19-13)9-14-11(2)3/h4,8,10-11,14,16H,1,5-7,9H2,2-3H3. The summed E-state index contributed by atoms with van der Waals surface area (Å²) in [5.74, 6) is 0. The van der Waals surface area contributed by atoms with Gasteiger partial charge in [0.05, 0.1) is 6.61 Å². The second-order valence-electron chi connectivity index (χ2n) is 4.68. The Morgan fingerprint density at radius 3 is 2.80 bits per heavy atom. The van der Waals surface area contributed by atoms with Gasteiger partial charge >= 0.3 is 0 Å². The van der Waals surface area contributed by atoms with Gasteiger partial charge < -0.3 is 10.4 Å². The molecule has 2 N–H and O–H groups in total. The van der Waals surface area contributed by atoms with E-state index in [1.54, 1.807) is 6.07 Å². The van der Waals surface area contributed by atoms with Gasteiger partial charge in [-0.25, -0.2) is 8.42 Å². The molecular formula is C13H22N2O3S2. The van der Waals surface area contributed by atoms with Crippen LogP contribution >= 0.6 is 11.3 Å². The Morgan fingerprint density at radius 1 is 1.55 bits per heavy atom. The van der Waals surface area contributed by atoms with Crippen molar-refractivity contribution in [2.75, 3.05) is 19.7 Å². The monoisotopic (exact) mass is 318 g/mol. The van der Waals surface area contributed by atoms with Crippen LogP contribution < -0.4 is 5.32 Å². The lowest BCUT2D eigenvalue weighted by Gasteiger charge is -2.18. The van der Waals surface area contributed by atoms with E-state index in [4.69, 9.17) is 5.11 Å². The van der Waals surface area contributed by atoms with Crippen molar-refractivity contribution in [2.45, 2.75) is 30.6 Å². The molecule has 0 saturated heterocycles. The van der Waals surface area contributed by atoms with Crippen LogP contribution in [-0.2, 0) is 16.6 Å². The number of rotatable bonds is 9. The minimum atomic E-state index is -3.55. The third-order valence-electron chi connectivity index (χ3n) is 2.62. The number of aliphatic hydroxyl groups excluding tert-OH is 1. The SMILES string of the molecule is C=CCN(CCO)S(=O)(=O)c1cc(CNC(C)C)cs1. The molecule has 1 aromatic rings. The summed E-state index contributed by atoms with van der Waals surface area (Å²) in [5.41, 5.74) is 0.949. The number of aliphatic hydroxyl groups is 1. The van der Waals surface area contributed by atoms with Crippen molar-refractivity contribution in [3.8, 4) is 0 Å². The lowest BCUT2D eigenvalue weighted by molar-refractivity contribution is 0.260. The van der Waals surface area contributed by atoms with Crippen molar-refractivity contribution in [1.29, 1.82) is 0 Å². The highest BCUT2D eigenvalue weighted by Crippen LogP contribution is 2.24. The van der Waals surface area contributed by atoms with E-state index in [2.05, 4.69) is 11.9 Å². The molecule has 0 unspecified atom stereocenters. The quantitative estimate of drug-likeness (QED) is 0.676. The Labute approximate surface area is 125 Å². The fraction of sp³-hybridized carbons (Fsp3) is 0.538. The summed E-state index contributed by atoms with van der Waals surface area (Å²) < 4.78 is 26.4. The Kier molecular flexibility index (Phi) is 6.84. The molecule has 0 fully saturated rings. The first-order chi connectivity index (χ1) is 9.41. The molecule has 20 heavy (non-hydrogen) atoms. The van der Waals surface area contributed by atoms with E-state index in [1.807, 2.05) is 19.2 Å². The largest absolute Gasteiger partial charge is 0.395 e. The smallest absolute Gasteiger partial charge is 0.252 e. The molecule has 0 aliphatic heterocycles. The van der Waals surface area contributed by atoms with Gasteiger partial charge in [0.1, 0.15) is 4.21 Å². The third kappa shape index (κ3) is 4.68. The Bertz CT molecular complexity index is 523. The second-order valence-corrected chi connectivity index (χ2v) is 7.76. The van der Waals surface area contributed by atoms with Gasteiger partial charge in [-0.05, 0) is 17.0 Å². The van der Waals surface area contributed by atoms with Crippen LogP contribution in [0.15, 0.2) is 28.3 Å². The van der Waals surface area contributed by atoms with E-state index in [9.17, 15) is 8.42 Å². The van der Waals surface area contributed by atoms with E-state index in [-0.39, 0.29) is 19.7 Å². The van der Waals surface area contributed by atoms with Crippen molar-refractivity contribution in [3.63, 3.8) is 0 Å². The van der Waals surface area contributed by atoms with Crippen LogP contribution in [0.4, 0.5) is 0 Å². The third-order valence-corrected chi connectivity index (χ3v) is 5.95. The molecule has 0 radical (unpaired) electrons. The first-order valence-corrected chi connectivity index (χ1v) is 8.76. The van der Waals surface area contributed by atoms with Gasteiger partial charge in [-0.2, -0.15) is 4.31 Å². The van der Waals surface area contributed by atoms with Crippen molar-refractivity contribution in [3.05, 3.63) is 29.7 Å². The lowest BCUT2D eigenvalue weighted by Crippen LogP contribution is -2.33. The molecule has 0 bridgehead atoms. The summed E-state index contributed by atoms with van der Waals surface area (Å²) in [5, 5.41) is 14.1. The van der Waals surface area contributed by atoms with Crippen LogP contribution in [0.25, 0.3) is 0 Å². The molecule has 7 heteroatoms. The second kappa shape index (κ2) is 7.90. The van der Waals surface area contributed by atoms with Gasteiger partial charge in [0.2, 0.25) is 0 Å². The molecule has 1 heterocycles. The first kappa shape index (κ1) is 17.3. The molecular weight excluding hydrogens is 296 g/mol. The van der Waals surface area contributed by atoms with Gasteiger partial charge in [-0.3, -0.25) is 0 Å². The zero-order valence-electron chi connectivity index (χ0n) is 11.9. The Balaban J connectivity index is 2.88. The van der Waals surface area contributed by atoms with E-state index in [1.165, 1.54) is 21.7 Å². The van der Waals surface area contributed by atoms with Gasteiger partial charge in [0.15, 0.2) is 0 Å². The first-order valence-electron chi connectivity index (χ1n) is 6.44. The molecule has 0 saturated carbocycles. The van der Waals surface area contributed by atoms with Crippen molar-refractivity contribution >= 4 is 21.4 Å². The van der Waals surface area contributed by atoms with Crippen LogP contribution in [0.5, 0.6) is 0 Å².